The van der Waals surface area contributed by atoms with E-state index in [2.05, 4.69) is 41.5 Å². The Kier molecular flexibility index (Phi) is 9.73. The van der Waals surface area contributed by atoms with Gasteiger partial charge in [-0.15, -0.1) is 0 Å². The standard InChI is InChI=1S/C17H35NO5Si/c1-12(2)24(13(3)4,14(5)6)23-11-16(10-18(20)21)15(7)9-17(19)22-8/h12-16H,9-11H2,1-8H3/t15-,16+/m1/s1. The molecular weight excluding hydrogens is 326 g/mol. The number of carbonyl (C=O) groups excluding carboxylic acids is 1. The molecule has 0 saturated heterocycles. The van der Waals surface area contributed by atoms with E-state index in [1.807, 2.05) is 6.92 Å². The molecule has 24 heavy (non-hydrogen) atoms. The van der Waals surface area contributed by atoms with E-state index >= 15 is 0 Å². The molecule has 0 aromatic carbocycles. The van der Waals surface area contributed by atoms with Crippen LogP contribution in [-0.2, 0) is 14.0 Å². The molecule has 0 aliphatic heterocycles. The monoisotopic (exact) mass is 361 g/mol. The van der Waals surface area contributed by atoms with Crippen molar-refractivity contribution in [3.63, 3.8) is 0 Å². The third kappa shape index (κ3) is 6.16. The van der Waals surface area contributed by atoms with Gasteiger partial charge in [-0.3, -0.25) is 14.9 Å². The molecule has 0 aliphatic rings. The molecule has 0 saturated carbocycles. The molecule has 0 bridgehead atoms. The highest BCUT2D eigenvalue weighted by Crippen LogP contribution is 2.42. The molecule has 0 radical (unpaired) electrons. The van der Waals surface area contributed by atoms with Gasteiger partial charge in [0.15, 0.2) is 8.32 Å². The van der Waals surface area contributed by atoms with Gasteiger partial charge in [0, 0.05) is 23.9 Å². The molecule has 0 aliphatic carbocycles. The average Bonchev–Trinajstić information content (AvgIpc) is 2.44. The van der Waals surface area contributed by atoms with E-state index in [1.165, 1.54) is 7.11 Å². The maximum Gasteiger partial charge on any atom is 0.305 e. The van der Waals surface area contributed by atoms with Gasteiger partial charge in [-0.25, -0.2) is 0 Å². The lowest BCUT2D eigenvalue weighted by molar-refractivity contribution is -0.490. The second kappa shape index (κ2) is 10.1. The van der Waals surface area contributed by atoms with Gasteiger partial charge in [0.1, 0.15) is 0 Å². The molecule has 6 nitrogen and oxygen atoms in total. The number of nitrogens with zero attached hydrogens (tertiary/aromatic N) is 1. The van der Waals surface area contributed by atoms with Crippen LogP contribution < -0.4 is 0 Å². The van der Waals surface area contributed by atoms with Crippen molar-refractivity contribution < 1.29 is 18.9 Å². The summed E-state index contributed by atoms with van der Waals surface area (Å²) in [4.78, 5) is 22.2. The van der Waals surface area contributed by atoms with Gasteiger partial charge in [-0.2, -0.15) is 0 Å². The number of rotatable bonds is 11. The van der Waals surface area contributed by atoms with Gasteiger partial charge < -0.3 is 9.16 Å². The van der Waals surface area contributed by atoms with Crippen molar-refractivity contribution in [1.82, 2.24) is 0 Å². The number of esters is 1. The third-order valence-electron chi connectivity index (χ3n) is 5.16. The summed E-state index contributed by atoms with van der Waals surface area (Å²) in [6.45, 7) is 15.1. The topological polar surface area (TPSA) is 78.7 Å². The molecule has 0 aromatic heterocycles. The maximum atomic E-state index is 11.5. The Bertz CT molecular complexity index is 390. The SMILES string of the molecule is COC(=O)C[C@@H](C)[C@H](CO[Si](C(C)C)(C(C)C)C(C)C)C[N+](=O)[O-]. The highest BCUT2D eigenvalue weighted by Gasteiger charge is 2.45. The zero-order valence-electron chi connectivity index (χ0n) is 16.5. The lowest BCUT2D eigenvalue weighted by atomic mass is 9.92. The van der Waals surface area contributed by atoms with Crippen molar-refractivity contribution in [2.45, 2.75) is 71.5 Å². The second-order valence-corrected chi connectivity index (χ2v) is 13.1. The van der Waals surface area contributed by atoms with E-state index in [4.69, 9.17) is 9.16 Å². The first-order valence-corrected chi connectivity index (χ1v) is 11.0. The predicted octanol–water partition coefficient (Wildman–Crippen LogP) is 4.27. The summed E-state index contributed by atoms with van der Waals surface area (Å²) in [5.41, 5.74) is 1.26. The van der Waals surface area contributed by atoms with E-state index in [0.29, 0.717) is 23.2 Å². The summed E-state index contributed by atoms with van der Waals surface area (Å²) in [5.74, 6) is -0.779. The van der Waals surface area contributed by atoms with Gasteiger partial charge in [0.05, 0.1) is 7.11 Å². The molecule has 0 amide bonds. The molecule has 142 valence electrons. The van der Waals surface area contributed by atoms with Crippen molar-refractivity contribution >= 4 is 14.3 Å². The second-order valence-electron chi connectivity index (χ2n) is 7.66. The van der Waals surface area contributed by atoms with Crippen molar-refractivity contribution in [2.24, 2.45) is 11.8 Å². The average molecular weight is 362 g/mol. The van der Waals surface area contributed by atoms with Crippen LogP contribution in [0.25, 0.3) is 0 Å². The van der Waals surface area contributed by atoms with Gasteiger partial charge in [0.2, 0.25) is 6.54 Å². The Labute approximate surface area is 147 Å². The van der Waals surface area contributed by atoms with Gasteiger partial charge in [-0.1, -0.05) is 48.5 Å². The summed E-state index contributed by atoms with van der Waals surface area (Å²) < 4.78 is 11.2. The largest absolute Gasteiger partial charge is 0.469 e. The van der Waals surface area contributed by atoms with Crippen LogP contribution in [0.2, 0.25) is 16.6 Å². The molecule has 0 aromatic rings. The van der Waals surface area contributed by atoms with E-state index in [-0.39, 0.29) is 35.7 Å². The summed E-state index contributed by atoms with van der Waals surface area (Å²) in [6, 6.07) is 0. The molecule has 0 unspecified atom stereocenters. The molecule has 0 spiro atoms. The molecule has 7 heteroatoms. The zero-order chi connectivity index (χ0) is 19.1. The smallest absolute Gasteiger partial charge is 0.305 e. The van der Waals surface area contributed by atoms with Crippen LogP contribution >= 0.6 is 0 Å². The highest BCUT2D eigenvalue weighted by molar-refractivity contribution is 6.77. The number of methoxy groups -OCH3 is 1. The molecule has 0 rings (SSSR count). The molecule has 0 heterocycles. The molecule has 0 N–H and O–H groups in total. The summed E-state index contributed by atoms with van der Waals surface area (Å²) >= 11 is 0. The first-order valence-electron chi connectivity index (χ1n) is 8.81. The van der Waals surface area contributed by atoms with Crippen LogP contribution in [0.3, 0.4) is 0 Å². The van der Waals surface area contributed by atoms with E-state index in [0.717, 1.165) is 0 Å². The molecule has 2 atom stereocenters. The summed E-state index contributed by atoms with van der Waals surface area (Å²) in [7, 11) is -0.739. The lowest BCUT2D eigenvalue weighted by Crippen LogP contribution is -2.49. The quantitative estimate of drug-likeness (QED) is 0.238. The minimum atomic E-state index is -2.07. The van der Waals surface area contributed by atoms with E-state index < -0.39 is 8.32 Å². The van der Waals surface area contributed by atoms with Crippen LogP contribution in [0.1, 0.15) is 54.9 Å². The summed E-state index contributed by atoms with van der Waals surface area (Å²) in [6.07, 6.45) is 0.179. The van der Waals surface area contributed by atoms with Crippen LogP contribution in [0, 0.1) is 22.0 Å². The predicted molar refractivity (Wildman–Crippen MR) is 98.1 cm³/mol. The van der Waals surface area contributed by atoms with Crippen LogP contribution in [-0.4, -0.2) is 39.5 Å². The Morgan fingerprint density at radius 2 is 1.50 bits per heavy atom. The number of carbonyl (C=O) groups is 1. The molecule has 0 fully saturated rings. The Morgan fingerprint density at radius 1 is 1.04 bits per heavy atom. The van der Waals surface area contributed by atoms with E-state index in [1.54, 1.807) is 0 Å². The third-order valence-corrected chi connectivity index (χ3v) is 11.2. The Hall–Kier alpha value is -0.953. The van der Waals surface area contributed by atoms with Crippen LogP contribution in [0.5, 0.6) is 0 Å². The van der Waals surface area contributed by atoms with Gasteiger partial charge >= 0.3 is 5.97 Å². The number of nitro groups is 1. The highest BCUT2D eigenvalue weighted by atomic mass is 28.4. The minimum absolute atomic E-state index is 0.152. The van der Waals surface area contributed by atoms with Gasteiger partial charge in [-0.05, 0) is 22.5 Å². The Morgan fingerprint density at radius 3 is 1.83 bits per heavy atom. The first kappa shape index (κ1) is 23.0. The Balaban J connectivity index is 5.25. The fourth-order valence-electron chi connectivity index (χ4n) is 3.85. The van der Waals surface area contributed by atoms with Crippen molar-refractivity contribution in [2.75, 3.05) is 20.3 Å². The van der Waals surface area contributed by atoms with Crippen molar-refractivity contribution in [3.05, 3.63) is 10.1 Å². The fraction of sp³-hybridized carbons (Fsp3) is 0.941. The zero-order valence-corrected chi connectivity index (χ0v) is 17.5. The summed E-state index contributed by atoms with van der Waals surface area (Å²) in [5, 5.41) is 11.0. The number of ether oxygens (including phenoxy) is 1. The van der Waals surface area contributed by atoms with Crippen molar-refractivity contribution in [3.8, 4) is 0 Å². The lowest BCUT2D eigenvalue weighted by Gasteiger charge is -2.43. The number of hydrogen-bond acceptors (Lipinski definition) is 5. The van der Waals surface area contributed by atoms with Crippen molar-refractivity contribution in [1.29, 1.82) is 0 Å². The van der Waals surface area contributed by atoms with E-state index in [9.17, 15) is 14.9 Å². The minimum Gasteiger partial charge on any atom is -0.469 e. The van der Waals surface area contributed by atoms with Crippen LogP contribution in [0.15, 0.2) is 0 Å². The maximum absolute atomic E-state index is 11.5. The fourth-order valence-corrected chi connectivity index (χ4v) is 9.36. The first-order chi connectivity index (χ1) is 11.0. The van der Waals surface area contributed by atoms with Crippen LogP contribution in [0.4, 0.5) is 0 Å². The number of hydrogen-bond donors (Lipinski definition) is 0. The van der Waals surface area contributed by atoms with Gasteiger partial charge in [0.25, 0.3) is 0 Å². The molecular formula is C17H35NO5Si. The normalized spacial score (nSPS) is 15.0.